The molecule has 4 rings (SSSR count). The minimum atomic E-state index is 0.0200. The lowest BCUT2D eigenvalue weighted by atomic mass is 9.89. The first kappa shape index (κ1) is 18.5. The van der Waals surface area contributed by atoms with E-state index >= 15 is 0 Å². The van der Waals surface area contributed by atoms with E-state index in [1.54, 1.807) is 0 Å². The van der Waals surface area contributed by atoms with Crippen LogP contribution < -0.4 is 0 Å². The van der Waals surface area contributed by atoms with Crippen molar-refractivity contribution in [1.29, 1.82) is 0 Å². The summed E-state index contributed by atoms with van der Waals surface area (Å²) >= 11 is 4.23. The van der Waals surface area contributed by atoms with Gasteiger partial charge in [0.2, 0.25) is 0 Å². The third-order valence-electron chi connectivity index (χ3n) is 4.95. The molecule has 0 unspecified atom stereocenters. The predicted molar refractivity (Wildman–Crippen MR) is 122 cm³/mol. The van der Waals surface area contributed by atoms with Crippen molar-refractivity contribution in [1.82, 2.24) is 0 Å². The second-order valence-corrected chi connectivity index (χ2v) is 9.68. The van der Waals surface area contributed by atoms with Crippen LogP contribution in [0.5, 0.6) is 0 Å². The van der Waals surface area contributed by atoms with Crippen LogP contribution >= 0.6 is 23.5 Å². The molecule has 0 aliphatic carbocycles. The normalized spacial score (nSPS) is 17.6. The highest BCUT2D eigenvalue weighted by Gasteiger charge is 2.42. The van der Waals surface area contributed by atoms with Gasteiger partial charge in [-0.05, 0) is 34.6 Å². The van der Waals surface area contributed by atoms with Crippen molar-refractivity contribution < 1.29 is 0 Å². The highest BCUT2D eigenvalue weighted by molar-refractivity contribution is 8.18. The third kappa shape index (κ3) is 4.17. The Kier molecular flexibility index (Phi) is 6.06. The van der Waals surface area contributed by atoms with Gasteiger partial charge in [-0.2, -0.15) is 0 Å². The molecule has 3 aromatic rings. The Morgan fingerprint density at radius 1 is 0.704 bits per heavy atom. The molecule has 1 fully saturated rings. The van der Waals surface area contributed by atoms with E-state index in [1.165, 1.54) is 34.6 Å². The van der Waals surface area contributed by atoms with Gasteiger partial charge in [-0.15, -0.1) is 23.5 Å². The summed E-state index contributed by atoms with van der Waals surface area (Å²) in [5.41, 5.74) is 4.06. The van der Waals surface area contributed by atoms with Gasteiger partial charge in [0.15, 0.2) is 0 Å². The van der Waals surface area contributed by atoms with E-state index in [2.05, 4.69) is 127 Å². The summed E-state index contributed by atoms with van der Waals surface area (Å²) in [7, 11) is 0. The Hall–Kier alpha value is -1.90. The highest BCUT2D eigenvalue weighted by Crippen LogP contribution is 2.58. The van der Waals surface area contributed by atoms with Crippen molar-refractivity contribution in [3.63, 3.8) is 0 Å². The maximum absolute atomic E-state index is 2.42. The molecule has 0 N–H and O–H groups in total. The van der Waals surface area contributed by atoms with Gasteiger partial charge in [0.05, 0.1) is 4.08 Å². The number of hydrogen-bond donors (Lipinski definition) is 0. The van der Waals surface area contributed by atoms with Crippen molar-refractivity contribution in [3.05, 3.63) is 114 Å². The molecule has 1 aliphatic heterocycles. The molecule has 0 bridgehead atoms. The van der Waals surface area contributed by atoms with Crippen molar-refractivity contribution in [2.75, 3.05) is 11.5 Å². The van der Waals surface area contributed by atoms with E-state index in [0.29, 0.717) is 5.92 Å². The number of rotatable bonds is 5. The van der Waals surface area contributed by atoms with Crippen LogP contribution in [-0.4, -0.2) is 11.5 Å². The standard InChI is InChI=1S/C25H24S2/c1-4-11-21(12-5-1)17-18-24(22-13-6-2-7-14-22)25(26-19-10-20-27-25)23-15-8-3-9-16-23/h1-9,11-18,24H,10,19-20H2/b18-17+/t24-/m0/s1. The maximum Gasteiger partial charge on any atom is 0.0962 e. The van der Waals surface area contributed by atoms with Gasteiger partial charge in [-0.1, -0.05) is 103 Å². The van der Waals surface area contributed by atoms with Crippen LogP contribution in [0, 0.1) is 0 Å². The van der Waals surface area contributed by atoms with Crippen molar-refractivity contribution in [2.45, 2.75) is 16.4 Å². The molecule has 136 valence electrons. The number of benzene rings is 3. The van der Waals surface area contributed by atoms with Crippen LogP contribution in [0.1, 0.15) is 29.0 Å². The van der Waals surface area contributed by atoms with Gasteiger partial charge >= 0.3 is 0 Å². The molecule has 2 heteroatoms. The van der Waals surface area contributed by atoms with E-state index in [1.807, 2.05) is 0 Å². The first-order chi connectivity index (χ1) is 13.4. The predicted octanol–water partition coefficient (Wildman–Crippen LogP) is 7.21. The summed E-state index contributed by atoms with van der Waals surface area (Å²) < 4.78 is 0.0200. The minimum Gasteiger partial charge on any atom is -0.138 e. The zero-order chi connectivity index (χ0) is 18.4. The number of thioether (sulfide) groups is 2. The zero-order valence-electron chi connectivity index (χ0n) is 15.3. The molecular formula is C25H24S2. The van der Waals surface area contributed by atoms with E-state index in [9.17, 15) is 0 Å². The lowest BCUT2D eigenvalue weighted by molar-refractivity contribution is 0.752. The Balaban J connectivity index is 1.81. The van der Waals surface area contributed by atoms with Gasteiger partial charge in [0.1, 0.15) is 0 Å². The summed E-state index contributed by atoms with van der Waals surface area (Å²) in [4.78, 5) is 0. The van der Waals surface area contributed by atoms with Crippen molar-refractivity contribution in [3.8, 4) is 0 Å². The average molecular weight is 389 g/mol. The number of allylic oxidation sites excluding steroid dienone is 1. The summed E-state index contributed by atoms with van der Waals surface area (Å²) in [6.45, 7) is 0. The summed E-state index contributed by atoms with van der Waals surface area (Å²) in [6.07, 6.45) is 5.99. The van der Waals surface area contributed by atoms with Crippen LogP contribution in [0.2, 0.25) is 0 Å². The Morgan fingerprint density at radius 3 is 1.89 bits per heavy atom. The highest BCUT2D eigenvalue weighted by atomic mass is 32.2. The molecule has 0 spiro atoms. The smallest absolute Gasteiger partial charge is 0.0962 e. The fraction of sp³-hybridized carbons (Fsp3) is 0.200. The summed E-state index contributed by atoms with van der Waals surface area (Å²) in [5.74, 6) is 2.74. The van der Waals surface area contributed by atoms with Gasteiger partial charge in [0, 0.05) is 5.92 Å². The number of hydrogen-bond acceptors (Lipinski definition) is 2. The van der Waals surface area contributed by atoms with Crippen LogP contribution in [-0.2, 0) is 4.08 Å². The summed E-state index contributed by atoms with van der Waals surface area (Å²) in [6, 6.07) is 32.7. The van der Waals surface area contributed by atoms with E-state index in [0.717, 1.165) is 0 Å². The van der Waals surface area contributed by atoms with E-state index in [4.69, 9.17) is 0 Å². The molecule has 3 aromatic carbocycles. The van der Waals surface area contributed by atoms with Crippen LogP contribution in [0.4, 0.5) is 0 Å². The molecule has 0 aromatic heterocycles. The molecule has 1 heterocycles. The van der Waals surface area contributed by atoms with E-state index < -0.39 is 0 Å². The topological polar surface area (TPSA) is 0 Å². The first-order valence-corrected chi connectivity index (χ1v) is 11.5. The van der Waals surface area contributed by atoms with Gasteiger partial charge in [-0.3, -0.25) is 0 Å². The van der Waals surface area contributed by atoms with Crippen LogP contribution in [0.3, 0.4) is 0 Å². The molecular weight excluding hydrogens is 364 g/mol. The zero-order valence-corrected chi connectivity index (χ0v) is 17.0. The molecule has 0 saturated carbocycles. The van der Waals surface area contributed by atoms with Crippen molar-refractivity contribution >= 4 is 29.6 Å². The maximum atomic E-state index is 2.42. The van der Waals surface area contributed by atoms with Crippen LogP contribution in [0.25, 0.3) is 6.08 Å². The Morgan fingerprint density at radius 2 is 1.26 bits per heavy atom. The Bertz CT molecular complexity index is 851. The van der Waals surface area contributed by atoms with Crippen LogP contribution in [0.15, 0.2) is 97.1 Å². The van der Waals surface area contributed by atoms with Gasteiger partial charge in [-0.25, -0.2) is 0 Å². The SMILES string of the molecule is C(=C\[C@@H](c1ccccc1)C1(c2ccccc2)SCCCS1)/c1ccccc1. The van der Waals surface area contributed by atoms with Gasteiger partial charge in [0.25, 0.3) is 0 Å². The quantitative estimate of drug-likeness (QED) is 0.453. The lowest BCUT2D eigenvalue weighted by Gasteiger charge is -2.42. The lowest BCUT2D eigenvalue weighted by Crippen LogP contribution is -2.29. The molecule has 27 heavy (non-hydrogen) atoms. The molecule has 0 nitrogen and oxygen atoms in total. The van der Waals surface area contributed by atoms with E-state index in [-0.39, 0.29) is 4.08 Å². The van der Waals surface area contributed by atoms with Gasteiger partial charge < -0.3 is 0 Å². The molecule has 1 saturated heterocycles. The first-order valence-electron chi connectivity index (χ1n) is 9.50. The fourth-order valence-corrected chi connectivity index (χ4v) is 7.23. The molecule has 0 radical (unpaired) electrons. The third-order valence-corrected chi connectivity index (χ3v) is 8.48. The average Bonchev–Trinajstić information content (AvgIpc) is 2.77. The molecule has 0 amide bonds. The van der Waals surface area contributed by atoms with Crippen molar-refractivity contribution in [2.24, 2.45) is 0 Å². The second-order valence-electron chi connectivity index (χ2n) is 6.74. The fourth-order valence-electron chi connectivity index (χ4n) is 3.63. The molecule has 1 aliphatic rings. The minimum absolute atomic E-state index is 0.0200. The Labute approximate surface area is 171 Å². The second kappa shape index (κ2) is 8.86. The monoisotopic (exact) mass is 388 g/mol. The summed E-state index contributed by atoms with van der Waals surface area (Å²) in [5, 5.41) is 0. The largest absolute Gasteiger partial charge is 0.138 e. The molecule has 1 atom stereocenters.